The highest BCUT2D eigenvalue weighted by atomic mass is 16.2. The van der Waals surface area contributed by atoms with Gasteiger partial charge < -0.3 is 15.5 Å². The van der Waals surface area contributed by atoms with E-state index in [1.54, 1.807) is 12.4 Å². The van der Waals surface area contributed by atoms with Gasteiger partial charge in [0.2, 0.25) is 5.91 Å². The Morgan fingerprint density at radius 2 is 2.19 bits per heavy atom. The van der Waals surface area contributed by atoms with E-state index in [0.29, 0.717) is 6.54 Å². The number of piperidine rings is 1. The molecule has 0 spiro atoms. The summed E-state index contributed by atoms with van der Waals surface area (Å²) < 4.78 is 1.83. The lowest BCUT2D eigenvalue weighted by Crippen LogP contribution is -2.56. The molecule has 1 atom stereocenters. The maximum absolute atomic E-state index is 13.2. The first-order valence-electron chi connectivity index (χ1n) is 9.33. The number of carbonyl (C=O) groups excluding carboxylic acids is 1. The number of hydrogen-bond acceptors (Lipinski definition) is 6. The van der Waals surface area contributed by atoms with Crippen LogP contribution < -0.4 is 15.5 Å². The van der Waals surface area contributed by atoms with Crippen molar-refractivity contribution in [1.29, 1.82) is 0 Å². The van der Waals surface area contributed by atoms with Crippen molar-refractivity contribution < 1.29 is 4.79 Å². The van der Waals surface area contributed by atoms with Crippen molar-refractivity contribution >= 4 is 11.7 Å². The van der Waals surface area contributed by atoms with Crippen LogP contribution in [-0.2, 0) is 10.3 Å². The molecule has 2 aromatic heterocycles. The summed E-state index contributed by atoms with van der Waals surface area (Å²) in [6.07, 6.45) is 8.97. The van der Waals surface area contributed by atoms with Crippen molar-refractivity contribution in [2.45, 2.75) is 37.3 Å². The quantitative estimate of drug-likeness (QED) is 0.814. The Balaban J connectivity index is 1.45. The Morgan fingerprint density at radius 3 is 2.92 bits per heavy atom. The van der Waals surface area contributed by atoms with Gasteiger partial charge in [0, 0.05) is 37.7 Å². The molecule has 138 valence electrons. The van der Waals surface area contributed by atoms with Crippen molar-refractivity contribution in [3.05, 3.63) is 36.8 Å². The Labute approximate surface area is 153 Å². The van der Waals surface area contributed by atoms with E-state index in [-0.39, 0.29) is 11.9 Å². The molecule has 2 fully saturated rings. The summed E-state index contributed by atoms with van der Waals surface area (Å²) in [6.45, 7) is 3.21. The van der Waals surface area contributed by atoms with E-state index >= 15 is 0 Å². The van der Waals surface area contributed by atoms with Crippen molar-refractivity contribution in [1.82, 2.24) is 30.6 Å². The van der Waals surface area contributed by atoms with Crippen LogP contribution in [0.2, 0.25) is 0 Å². The SMILES string of the molecule is O=C(NCC1CCCN1c1cccnn1)C1(n2cccn2)CCNCC1. The fourth-order valence-corrected chi connectivity index (χ4v) is 4.09. The van der Waals surface area contributed by atoms with E-state index < -0.39 is 5.54 Å². The molecule has 0 radical (unpaired) electrons. The zero-order chi connectivity index (χ0) is 17.8. The fraction of sp³-hybridized carbons (Fsp3) is 0.556. The number of anilines is 1. The van der Waals surface area contributed by atoms with Gasteiger partial charge in [-0.05, 0) is 57.0 Å². The summed E-state index contributed by atoms with van der Waals surface area (Å²) in [5, 5.41) is 19.1. The second kappa shape index (κ2) is 7.41. The predicted molar refractivity (Wildman–Crippen MR) is 97.7 cm³/mol. The van der Waals surface area contributed by atoms with Gasteiger partial charge in [0.05, 0.1) is 0 Å². The van der Waals surface area contributed by atoms with E-state index in [2.05, 4.69) is 30.8 Å². The molecule has 8 heteroatoms. The highest BCUT2D eigenvalue weighted by Gasteiger charge is 2.42. The van der Waals surface area contributed by atoms with E-state index in [4.69, 9.17) is 0 Å². The average molecular weight is 355 g/mol. The minimum absolute atomic E-state index is 0.0636. The average Bonchev–Trinajstić information content (AvgIpc) is 3.39. The number of amides is 1. The van der Waals surface area contributed by atoms with Crippen LogP contribution in [0.3, 0.4) is 0 Å². The first-order chi connectivity index (χ1) is 12.8. The van der Waals surface area contributed by atoms with Gasteiger partial charge in [0.1, 0.15) is 5.54 Å². The molecule has 1 amide bonds. The molecule has 0 aromatic carbocycles. The van der Waals surface area contributed by atoms with Crippen LogP contribution in [0, 0.1) is 0 Å². The molecule has 4 heterocycles. The molecule has 2 aliphatic rings. The highest BCUT2D eigenvalue weighted by molar-refractivity contribution is 5.84. The van der Waals surface area contributed by atoms with Crippen LogP contribution in [-0.4, -0.2) is 58.1 Å². The van der Waals surface area contributed by atoms with Gasteiger partial charge in [-0.3, -0.25) is 9.48 Å². The lowest BCUT2D eigenvalue weighted by molar-refractivity contribution is -0.132. The molecule has 2 saturated heterocycles. The summed E-state index contributed by atoms with van der Waals surface area (Å²) in [5.41, 5.74) is -0.593. The van der Waals surface area contributed by atoms with Crippen LogP contribution in [0.4, 0.5) is 5.82 Å². The Bertz CT molecular complexity index is 712. The summed E-state index contributed by atoms with van der Waals surface area (Å²) in [7, 11) is 0. The molecule has 8 nitrogen and oxygen atoms in total. The monoisotopic (exact) mass is 355 g/mol. The van der Waals surface area contributed by atoms with Crippen LogP contribution in [0.1, 0.15) is 25.7 Å². The van der Waals surface area contributed by atoms with E-state index in [9.17, 15) is 4.79 Å². The van der Waals surface area contributed by atoms with Crippen LogP contribution in [0.5, 0.6) is 0 Å². The number of aromatic nitrogens is 4. The topological polar surface area (TPSA) is 88.0 Å². The largest absolute Gasteiger partial charge is 0.352 e. The van der Waals surface area contributed by atoms with Gasteiger partial charge in [-0.25, -0.2) is 0 Å². The van der Waals surface area contributed by atoms with Gasteiger partial charge in [-0.15, -0.1) is 5.10 Å². The van der Waals surface area contributed by atoms with Crippen molar-refractivity contribution in [2.75, 3.05) is 31.1 Å². The molecule has 2 aromatic rings. The number of nitrogens with one attached hydrogen (secondary N) is 2. The summed E-state index contributed by atoms with van der Waals surface area (Å²) in [6, 6.07) is 6.01. The molecule has 2 N–H and O–H groups in total. The summed E-state index contributed by atoms with van der Waals surface area (Å²) >= 11 is 0. The Morgan fingerprint density at radius 1 is 1.31 bits per heavy atom. The lowest BCUT2D eigenvalue weighted by Gasteiger charge is -2.37. The maximum atomic E-state index is 13.2. The molecule has 2 aliphatic heterocycles. The summed E-state index contributed by atoms with van der Waals surface area (Å²) in [4.78, 5) is 15.4. The molecule has 0 aliphatic carbocycles. The molecular weight excluding hydrogens is 330 g/mol. The second-order valence-corrected chi connectivity index (χ2v) is 7.01. The maximum Gasteiger partial charge on any atom is 0.248 e. The molecule has 4 rings (SSSR count). The lowest BCUT2D eigenvalue weighted by atomic mass is 9.87. The van der Waals surface area contributed by atoms with Gasteiger partial charge in [-0.1, -0.05) is 0 Å². The van der Waals surface area contributed by atoms with Gasteiger partial charge >= 0.3 is 0 Å². The van der Waals surface area contributed by atoms with E-state index in [1.165, 1.54) is 0 Å². The molecule has 26 heavy (non-hydrogen) atoms. The standard InChI is InChI=1S/C18H25N7O/c26-17(18(6-10-19-11-7-18)25-13-3-9-22-25)20-14-15-4-2-12-24(15)16-5-1-8-21-23-16/h1,3,5,8-9,13,15,19H,2,4,6-7,10-12,14H2,(H,20,26). The molecular formula is C18H25N7O. The fourth-order valence-electron chi connectivity index (χ4n) is 4.09. The number of rotatable bonds is 5. The first-order valence-corrected chi connectivity index (χ1v) is 9.33. The van der Waals surface area contributed by atoms with Gasteiger partial charge in [-0.2, -0.15) is 10.2 Å². The minimum atomic E-state index is -0.593. The first kappa shape index (κ1) is 17.0. The molecule has 0 bridgehead atoms. The minimum Gasteiger partial charge on any atom is -0.352 e. The van der Waals surface area contributed by atoms with Crippen molar-refractivity contribution in [3.8, 4) is 0 Å². The molecule has 1 unspecified atom stereocenters. The van der Waals surface area contributed by atoms with Crippen LogP contribution in [0.25, 0.3) is 0 Å². The number of hydrogen-bond donors (Lipinski definition) is 2. The van der Waals surface area contributed by atoms with E-state index in [1.807, 2.05) is 29.1 Å². The van der Waals surface area contributed by atoms with Gasteiger partial charge in [0.15, 0.2) is 5.82 Å². The van der Waals surface area contributed by atoms with Gasteiger partial charge in [0.25, 0.3) is 0 Å². The highest BCUT2D eigenvalue weighted by Crippen LogP contribution is 2.28. The van der Waals surface area contributed by atoms with Crippen LogP contribution in [0.15, 0.2) is 36.8 Å². The summed E-state index contributed by atoms with van der Waals surface area (Å²) in [5.74, 6) is 0.946. The van der Waals surface area contributed by atoms with E-state index in [0.717, 1.165) is 51.1 Å². The Kier molecular flexibility index (Phi) is 4.83. The third-order valence-corrected chi connectivity index (χ3v) is 5.52. The third-order valence-electron chi connectivity index (χ3n) is 5.52. The second-order valence-electron chi connectivity index (χ2n) is 7.01. The Hall–Kier alpha value is -2.48. The number of carbonyl (C=O) groups is 1. The zero-order valence-corrected chi connectivity index (χ0v) is 14.8. The number of nitrogens with zero attached hydrogens (tertiary/aromatic N) is 5. The molecule has 0 saturated carbocycles. The van der Waals surface area contributed by atoms with Crippen LogP contribution >= 0.6 is 0 Å². The van der Waals surface area contributed by atoms with Crippen molar-refractivity contribution in [3.63, 3.8) is 0 Å². The zero-order valence-electron chi connectivity index (χ0n) is 14.8. The third kappa shape index (κ3) is 3.16. The normalized spacial score (nSPS) is 22.3. The smallest absolute Gasteiger partial charge is 0.248 e. The predicted octanol–water partition coefficient (Wildman–Crippen LogP) is 0.537. The van der Waals surface area contributed by atoms with Crippen molar-refractivity contribution in [2.24, 2.45) is 0 Å².